The molecule has 164 valence electrons. The van der Waals surface area contributed by atoms with E-state index < -0.39 is 22.5 Å². The highest BCUT2D eigenvalue weighted by molar-refractivity contribution is 6.99. The van der Waals surface area contributed by atoms with Gasteiger partial charge in [-0.2, -0.15) is 0 Å². The van der Waals surface area contributed by atoms with E-state index >= 15 is 0 Å². The van der Waals surface area contributed by atoms with E-state index in [1.165, 1.54) is 15.9 Å². The molecule has 2 aromatic carbocycles. The Labute approximate surface area is 186 Å². The molecule has 0 saturated carbocycles. The van der Waals surface area contributed by atoms with Crippen molar-refractivity contribution in [1.82, 2.24) is 0 Å². The fourth-order valence-electron chi connectivity index (χ4n) is 4.37. The van der Waals surface area contributed by atoms with Gasteiger partial charge in [0.1, 0.15) is 0 Å². The highest BCUT2D eigenvalue weighted by Crippen LogP contribution is 2.36. The second-order valence-electron chi connectivity index (χ2n) is 10.6. The van der Waals surface area contributed by atoms with Crippen LogP contribution in [0.3, 0.4) is 0 Å². The van der Waals surface area contributed by atoms with Gasteiger partial charge in [-0.05, 0) is 34.3 Å². The van der Waals surface area contributed by atoms with Crippen molar-refractivity contribution in [3.63, 3.8) is 0 Å². The molecule has 0 spiro atoms. The molecule has 0 bridgehead atoms. The van der Waals surface area contributed by atoms with E-state index in [1.807, 2.05) is 0 Å². The predicted octanol–water partition coefficient (Wildman–Crippen LogP) is 5.60. The quantitative estimate of drug-likeness (QED) is 0.385. The monoisotopic (exact) mass is 440 g/mol. The van der Waals surface area contributed by atoms with Crippen LogP contribution in [0.15, 0.2) is 72.8 Å². The zero-order chi connectivity index (χ0) is 22.4. The topological polar surface area (TPSA) is 29.5 Å². The number of rotatable bonds is 10. The van der Waals surface area contributed by atoms with Gasteiger partial charge in [-0.15, -0.1) is 6.58 Å². The molecule has 1 N–H and O–H groups in total. The Morgan fingerprint density at radius 1 is 0.933 bits per heavy atom. The summed E-state index contributed by atoms with van der Waals surface area (Å²) in [5.74, 6) is 0. The summed E-state index contributed by atoms with van der Waals surface area (Å²) in [6, 6.07) is 22.4. The third-order valence-corrected chi connectivity index (χ3v) is 12.1. The minimum absolute atomic E-state index is 0.0396. The summed E-state index contributed by atoms with van der Waals surface area (Å²) in [7, 11) is -3.72. The molecule has 0 aliphatic carbocycles. The van der Waals surface area contributed by atoms with Crippen molar-refractivity contribution in [2.45, 2.75) is 70.4 Å². The molecule has 0 aliphatic heterocycles. The van der Waals surface area contributed by atoms with Crippen molar-refractivity contribution in [2.75, 3.05) is 6.61 Å². The van der Waals surface area contributed by atoms with Crippen LogP contribution in [0.4, 0.5) is 0 Å². The highest BCUT2D eigenvalue weighted by atomic mass is 28.4. The summed E-state index contributed by atoms with van der Waals surface area (Å²) >= 11 is 0. The predicted molar refractivity (Wildman–Crippen MR) is 136 cm³/mol. The van der Waals surface area contributed by atoms with Gasteiger partial charge in [0.25, 0.3) is 8.32 Å². The smallest absolute Gasteiger partial charge is 0.261 e. The molecule has 30 heavy (non-hydrogen) atoms. The van der Waals surface area contributed by atoms with Crippen molar-refractivity contribution in [2.24, 2.45) is 0 Å². The fourth-order valence-corrected chi connectivity index (χ4v) is 10.6. The van der Waals surface area contributed by atoms with E-state index in [2.05, 4.69) is 108 Å². The average Bonchev–Trinajstić information content (AvgIpc) is 2.64. The Kier molecular flexibility index (Phi) is 8.46. The van der Waals surface area contributed by atoms with Crippen LogP contribution >= 0.6 is 0 Å². The van der Waals surface area contributed by atoms with Crippen LogP contribution in [-0.2, 0) is 4.43 Å². The molecule has 0 aromatic heterocycles. The van der Waals surface area contributed by atoms with E-state index in [-0.39, 0.29) is 5.04 Å². The number of hydrogen-bond acceptors (Lipinski definition) is 2. The molecule has 2 nitrogen and oxygen atoms in total. The summed E-state index contributed by atoms with van der Waals surface area (Å²) in [4.78, 5) is 0. The molecule has 0 amide bonds. The van der Waals surface area contributed by atoms with Crippen molar-refractivity contribution in [3.05, 3.63) is 72.8 Å². The largest absolute Gasteiger partial charge is 0.407 e. The zero-order valence-electron chi connectivity index (χ0n) is 19.7. The van der Waals surface area contributed by atoms with Gasteiger partial charge in [0.15, 0.2) is 0 Å². The van der Waals surface area contributed by atoms with Crippen LogP contribution in [0.1, 0.15) is 33.6 Å². The molecule has 0 unspecified atom stereocenters. The second-order valence-corrected chi connectivity index (χ2v) is 20.4. The summed E-state index contributed by atoms with van der Waals surface area (Å²) < 4.78 is 6.88. The van der Waals surface area contributed by atoms with Crippen LogP contribution < -0.4 is 10.4 Å². The molecular weight excluding hydrogens is 400 g/mol. The lowest BCUT2D eigenvalue weighted by Crippen LogP contribution is -2.66. The van der Waals surface area contributed by atoms with Gasteiger partial charge < -0.3 is 9.53 Å². The Bertz CT molecular complexity index is 750. The molecule has 0 radical (unpaired) electrons. The Morgan fingerprint density at radius 2 is 1.40 bits per heavy atom. The molecule has 0 saturated heterocycles. The van der Waals surface area contributed by atoms with Gasteiger partial charge in [-0.25, -0.2) is 0 Å². The first-order valence-electron chi connectivity index (χ1n) is 11.1. The lowest BCUT2D eigenvalue weighted by atomic mass is 10.1. The van der Waals surface area contributed by atoms with Crippen molar-refractivity contribution in [3.8, 4) is 0 Å². The Hall–Kier alpha value is -1.47. The van der Waals surface area contributed by atoms with E-state index in [0.29, 0.717) is 19.4 Å². The van der Waals surface area contributed by atoms with Crippen molar-refractivity contribution < 1.29 is 9.53 Å². The van der Waals surface area contributed by atoms with Gasteiger partial charge >= 0.3 is 0 Å². The first-order valence-corrected chi connectivity index (χ1v) is 16.7. The van der Waals surface area contributed by atoms with Gasteiger partial charge in [0, 0.05) is 14.7 Å². The van der Waals surface area contributed by atoms with Gasteiger partial charge in [-0.1, -0.05) is 107 Å². The summed E-state index contributed by atoms with van der Waals surface area (Å²) in [5, 5.41) is 13.2. The second kappa shape index (κ2) is 10.2. The van der Waals surface area contributed by atoms with Crippen LogP contribution in [0.2, 0.25) is 30.7 Å². The first-order chi connectivity index (χ1) is 14.0. The number of aliphatic hydroxyl groups is 1. The SMILES string of the molecule is C=C(C[C@@H](O)CCO[Si](c1ccccc1)(c1ccccc1)C(C)(C)C)C[Si](C)(C)C. The summed E-state index contributed by atoms with van der Waals surface area (Å²) in [6.07, 6.45) is 0.913. The molecule has 2 rings (SSSR count). The maximum atomic E-state index is 10.6. The normalized spacial score (nSPS) is 13.8. The minimum atomic E-state index is -2.52. The number of aliphatic hydroxyl groups excluding tert-OH is 1. The number of benzene rings is 2. The van der Waals surface area contributed by atoms with E-state index in [0.717, 1.165) is 6.04 Å². The van der Waals surface area contributed by atoms with Crippen LogP contribution in [0.5, 0.6) is 0 Å². The molecule has 1 atom stereocenters. The van der Waals surface area contributed by atoms with Crippen LogP contribution in [0.25, 0.3) is 0 Å². The minimum Gasteiger partial charge on any atom is -0.407 e. The Morgan fingerprint density at radius 3 is 1.80 bits per heavy atom. The zero-order valence-corrected chi connectivity index (χ0v) is 21.7. The molecule has 0 heterocycles. The lowest BCUT2D eigenvalue weighted by molar-refractivity contribution is 0.136. The van der Waals surface area contributed by atoms with Crippen LogP contribution in [-0.4, -0.2) is 34.2 Å². The first kappa shape index (κ1) is 24.8. The maximum absolute atomic E-state index is 10.6. The summed E-state index contributed by atoms with van der Waals surface area (Å²) in [6.45, 7) is 18.6. The molecule has 2 aromatic rings. The highest BCUT2D eigenvalue weighted by Gasteiger charge is 2.50. The number of hydrogen-bond donors (Lipinski definition) is 1. The van der Waals surface area contributed by atoms with Crippen molar-refractivity contribution >= 4 is 26.8 Å². The third kappa shape index (κ3) is 6.51. The standard InChI is InChI=1S/C26H40O2Si2/c1-22(21-29(5,6)7)20-23(27)18-19-28-30(26(2,3)4,24-14-10-8-11-15-24)25-16-12-9-13-17-25/h8-17,23,27H,1,18-21H2,2-7H3/t23-/m0/s1. The third-order valence-electron chi connectivity index (χ3n) is 5.49. The van der Waals surface area contributed by atoms with E-state index in [1.54, 1.807) is 0 Å². The van der Waals surface area contributed by atoms with Gasteiger partial charge in [0.05, 0.1) is 6.10 Å². The van der Waals surface area contributed by atoms with Gasteiger partial charge in [-0.3, -0.25) is 0 Å². The average molecular weight is 441 g/mol. The molecule has 0 fully saturated rings. The molecule has 0 aliphatic rings. The fraction of sp³-hybridized carbons (Fsp3) is 0.462. The Balaban J connectivity index is 2.22. The molecular formula is C26H40O2Si2. The van der Waals surface area contributed by atoms with Gasteiger partial charge in [0.2, 0.25) is 0 Å². The van der Waals surface area contributed by atoms with Crippen LogP contribution in [0, 0.1) is 0 Å². The molecule has 4 heteroatoms. The van der Waals surface area contributed by atoms with E-state index in [9.17, 15) is 5.11 Å². The van der Waals surface area contributed by atoms with E-state index in [4.69, 9.17) is 4.43 Å². The van der Waals surface area contributed by atoms with Crippen molar-refractivity contribution in [1.29, 1.82) is 0 Å². The maximum Gasteiger partial charge on any atom is 0.261 e. The summed E-state index contributed by atoms with van der Waals surface area (Å²) in [5.41, 5.74) is 1.17. The lowest BCUT2D eigenvalue weighted by Gasteiger charge is -2.43.